The fourth-order valence-corrected chi connectivity index (χ4v) is 3.11. The number of nitrogens with zero attached hydrogens (tertiary/aromatic N) is 1. The lowest BCUT2D eigenvalue weighted by Gasteiger charge is -2.32. The van der Waals surface area contributed by atoms with Gasteiger partial charge in [0.1, 0.15) is 0 Å². The minimum absolute atomic E-state index is 0.289. The Bertz CT molecular complexity index is 807. The van der Waals surface area contributed by atoms with E-state index in [1.54, 1.807) is 18.2 Å². The molecule has 22 heavy (non-hydrogen) atoms. The second-order valence-corrected chi connectivity index (χ2v) is 6.98. The van der Waals surface area contributed by atoms with Crippen LogP contribution in [0.3, 0.4) is 0 Å². The summed E-state index contributed by atoms with van der Waals surface area (Å²) in [5.74, 6) is 1.07. The smallest absolute Gasteiger partial charge is 0.264 e. The van der Waals surface area contributed by atoms with Gasteiger partial charge >= 0.3 is 0 Å². The number of rotatable bonds is 4. The molecule has 1 heterocycles. The number of hydrogen-bond acceptors (Lipinski definition) is 4. The third-order valence-corrected chi connectivity index (χ3v) is 4.41. The van der Waals surface area contributed by atoms with Crippen molar-refractivity contribution in [3.63, 3.8) is 0 Å². The third-order valence-electron chi connectivity index (χ3n) is 3.37. The zero-order valence-corrected chi connectivity index (χ0v) is 13.1. The van der Waals surface area contributed by atoms with Crippen molar-refractivity contribution in [1.29, 1.82) is 0 Å². The van der Waals surface area contributed by atoms with E-state index < -0.39 is 10.1 Å². The Kier molecular flexibility index (Phi) is 3.99. The molecule has 0 aromatic heterocycles. The van der Waals surface area contributed by atoms with Crippen molar-refractivity contribution < 1.29 is 17.7 Å². The highest BCUT2D eigenvalue weighted by atomic mass is 35.5. The summed E-state index contributed by atoms with van der Waals surface area (Å²) in [6, 6.07) is 12.8. The molecule has 116 valence electrons. The minimum Gasteiger partial charge on any atom is -0.453 e. The first kappa shape index (κ1) is 15.1. The van der Waals surface area contributed by atoms with Crippen LogP contribution in [0.5, 0.6) is 11.5 Å². The molecular weight excluding hydrogens is 326 g/mol. The number of halogens is 1. The molecule has 0 atom stereocenters. The summed E-state index contributed by atoms with van der Waals surface area (Å²) in [4.78, 5) is 1.95. The van der Waals surface area contributed by atoms with E-state index in [1.165, 1.54) is 0 Å². The Hall–Kier alpha value is -1.76. The average Bonchev–Trinajstić information content (AvgIpc) is 2.46. The quantitative estimate of drug-likeness (QED) is 0.857. The number of ether oxygens (including phenoxy) is 1. The highest BCUT2D eigenvalue weighted by molar-refractivity contribution is 7.85. The van der Waals surface area contributed by atoms with Gasteiger partial charge in [0.25, 0.3) is 10.1 Å². The van der Waals surface area contributed by atoms with Crippen LogP contribution < -0.4 is 9.64 Å². The van der Waals surface area contributed by atoms with Gasteiger partial charge in [-0.15, -0.1) is 0 Å². The van der Waals surface area contributed by atoms with Crippen molar-refractivity contribution in [2.24, 2.45) is 0 Å². The molecular formula is C15H14ClNO4S. The Morgan fingerprint density at radius 1 is 1.09 bits per heavy atom. The zero-order valence-electron chi connectivity index (χ0n) is 11.6. The number of benzene rings is 2. The number of para-hydroxylation sites is 2. The molecule has 0 saturated carbocycles. The maximum absolute atomic E-state index is 10.9. The lowest BCUT2D eigenvalue weighted by atomic mass is 10.1. The predicted octanol–water partition coefficient (Wildman–Crippen LogP) is 3.86. The molecule has 1 aliphatic heterocycles. The first-order chi connectivity index (χ1) is 10.4. The SMILES string of the molecule is O=S(=O)(O)CCCN1c2ccccc2Oc2ccc(Cl)cc21. The van der Waals surface area contributed by atoms with E-state index in [1.807, 2.05) is 29.2 Å². The highest BCUT2D eigenvalue weighted by Crippen LogP contribution is 2.47. The molecule has 0 fully saturated rings. The summed E-state index contributed by atoms with van der Waals surface area (Å²) in [7, 11) is -3.97. The van der Waals surface area contributed by atoms with Crippen LogP contribution in [-0.2, 0) is 10.1 Å². The highest BCUT2D eigenvalue weighted by Gasteiger charge is 2.24. The largest absolute Gasteiger partial charge is 0.453 e. The molecule has 1 aliphatic rings. The molecule has 2 aromatic carbocycles. The van der Waals surface area contributed by atoms with E-state index in [2.05, 4.69) is 0 Å². The van der Waals surface area contributed by atoms with Crippen molar-refractivity contribution in [3.05, 3.63) is 47.5 Å². The molecule has 0 bridgehead atoms. The standard InChI is InChI=1S/C15H14ClNO4S/c16-11-6-7-15-13(10-11)17(8-3-9-22(18,19)20)12-4-1-2-5-14(12)21-15/h1-2,4-7,10H,3,8-9H2,(H,18,19,20). The Morgan fingerprint density at radius 3 is 2.59 bits per heavy atom. The van der Waals surface area contributed by atoms with Crippen LogP contribution in [0.1, 0.15) is 6.42 Å². The van der Waals surface area contributed by atoms with Gasteiger partial charge in [0, 0.05) is 11.6 Å². The summed E-state index contributed by atoms with van der Waals surface area (Å²) in [5.41, 5.74) is 1.62. The van der Waals surface area contributed by atoms with Crippen LogP contribution in [0.2, 0.25) is 5.02 Å². The maximum Gasteiger partial charge on any atom is 0.264 e. The van der Waals surface area contributed by atoms with E-state index in [0.717, 1.165) is 11.4 Å². The fraction of sp³-hybridized carbons (Fsp3) is 0.200. The third kappa shape index (κ3) is 3.19. The topological polar surface area (TPSA) is 66.8 Å². The molecule has 0 radical (unpaired) electrons. The second-order valence-electron chi connectivity index (χ2n) is 4.97. The van der Waals surface area contributed by atoms with Crippen molar-refractivity contribution in [2.45, 2.75) is 6.42 Å². The molecule has 0 amide bonds. The summed E-state index contributed by atoms with van der Waals surface area (Å²) in [6.45, 7) is 0.424. The van der Waals surface area contributed by atoms with E-state index in [9.17, 15) is 8.42 Å². The number of fused-ring (bicyclic) bond motifs is 2. The molecule has 3 rings (SSSR count). The van der Waals surface area contributed by atoms with Crippen LogP contribution in [0.25, 0.3) is 0 Å². The van der Waals surface area contributed by atoms with Gasteiger partial charge in [0.05, 0.1) is 17.1 Å². The molecule has 1 N–H and O–H groups in total. The van der Waals surface area contributed by atoms with Crippen LogP contribution in [0.4, 0.5) is 11.4 Å². The molecule has 2 aromatic rings. The summed E-state index contributed by atoms with van der Waals surface area (Å²) < 4.78 is 36.6. The van der Waals surface area contributed by atoms with E-state index in [0.29, 0.717) is 29.5 Å². The van der Waals surface area contributed by atoms with Crippen molar-refractivity contribution in [3.8, 4) is 11.5 Å². The normalized spacial score (nSPS) is 13.3. The summed E-state index contributed by atoms with van der Waals surface area (Å²) in [5, 5.41) is 0.571. The molecule has 7 heteroatoms. The molecule has 0 aliphatic carbocycles. The Morgan fingerprint density at radius 2 is 1.82 bits per heavy atom. The minimum atomic E-state index is -3.97. The van der Waals surface area contributed by atoms with Crippen LogP contribution in [0, 0.1) is 0 Å². The average molecular weight is 340 g/mol. The van der Waals surface area contributed by atoms with Gasteiger partial charge in [-0.2, -0.15) is 8.42 Å². The van der Waals surface area contributed by atoms with Crippen molar-refractivity contribution in [2.75, 3.05) is 17.2 Å². The Labute approximate surface area is 133 Å². The Balaban J connectivity index is 1.95. The lowest BCUT2D eigenvalue weighted by molar-refractivity contribution is 0.471. The van der Waals surface area contributed by atoms with Crippen LogP contribution in [-0.4, -0.2) is 25.3 Å². The molecule has 0 saturated heterocycles. The monoisotopic (exact) mass is 339 g/mol. The van der Waals surface area contributed by atoms with Gasteiger partial charge in [0.15, 0.2) is 11.5 Å². The number of hydrogen-bond donors (Lipinski definition) is 1. The molecule has 0 spiro atoms. The lowest BCUT2D eigenvalue weighted by Crippen LogP contribution is -2.24. The maximum atomic E-state index is 10.9. The first-order valence-electron chi connectivity index (χ1n) is 6.73. The van der Waals surface area contributed by atoms with Gasteiger partial charge in [-0.05, 0) is 36.8 Å². The van der Waals surface area contributed by atoms with Gasteiger partial charge < -0.3 is 9.64 Å². The zero-order chi connectivity index (χ0) is 15.7. The number of anilines is 2. The summed E-state index contributed by atoms with van der Waals surface area (Å²) in [6.07, 6.45) is 0.291. The molecule has 5 nitrogen and oxygen atoms in total. The van der Waals surface area contributed by atoms with E-state index in [4.69, 9.17) is 20.9 Å². The van der Waals surface area contributed by atoms with E-state index in [-0.39, 0.29) is 5.75 Å². The van der Waals surface area contributed by atoms with Crippen LogP contribution >= 0.6 is 11.6 Å². The predicted molar refractivity (Wildman–Crippen MR) is 86.0 cm³/mol. The van der Waals surface area contributed by atoms with Crippen molar-refractivity contribution >= 4 is 33.1 Å². The van der Waals surface area contributed by atoms with Crippen LogP contribution in [0.15, 0.2) is 42.5 Å². The first-order valence-corrected chi connectivity index (χ1v) is 8.72. The molecule has 0 unspecified atom stereocenters. The van der Waals surface area contributed by atoms with Gasteiger partial charge in [-0.25, -0.2) is 0 Å². The van der Waals surface area contributed by atoms with Gasteiger partial charge in [-0.1, -0.05) is 23.7 Å². The summed E-state index contributed by atoms with van der Waals surface area (Å²) >= 11 is 6.06. The fourth-order valence-electron chi connectivity index (χ4n) is 2.45. The van der Waals surface area contributed by atoms with Crippen molar-refractivity contribution in [1.82, 2.24) is 0 Å². The second kappa shape index (κ2) is 5.79. The van der Waals surface area contributed by atoms with Gasteiger partial charge in [-0.3, -0.25) is 4.55 Å². The van der Waals surface area contributed by atoms with Gasteiger partial charge in [0.2, 0.25) is 0 Å². The van der Waals surface area contributed by atoms with E-state index >= 15 is 0 Å².